The van der Waals surface area contributed by atoms with Gasteiger partial charge in [0.2, 0.25) is 0 Å². The Balaban J connectivity index is 2.77. The lowest BCUT2D eigenvalue weighted by Crippen LogP contribution is -2.25. The Bertz CT molecular complexity index is 363. The third kappa shape index (κ3) is 3.58. The van der Waals surface area contributed by atoms with Gasteiger partial charge in [-0.25, -0.2) is 9.97 Å². The first kappa shape index (κ1) is 13.2. The van der Waals surface area contributed by atoms with E-state index in [1.165, 1.54) is 6.20 Å². The van der Waals surface area contributed by atoms with Crippen molar-refractivity contribution in [1.82, 2.24) is 9.97 Å². The second-order valence-electron chi connectivity index (χ2n) is 3.68. The molecular formula is C11H19N5O. The smallest absolute Gasteiger partial charge is 0.190 e. The number of nitrogens with two attached hydrogens (primary N) is 1. The van der Waals surface area contributed by atoms with Crippen molar-refractivity contribution in [1.29, 1.82) is 0 Å². The maximum Gasteiger partial charge on any atom is 0.190 e. The summed E-state index contributed by atoms with van der Waals surface area (Å²) in [6.07, 6.45) is 5.43. The maximum absolute atomic E-state index is 8.51. The van der Waals surface area contributed by atoms with Gasteiger partial charge in [-0.2, -0.15) is 0 Å². The van der Waals surface area contributed by atoms with Gasteiger partial charge in [0.05, 0.1) is 12.4 Å². The molecule has 3 N–H and O–H groups in total. The predicted octanol–water partition coefficient (Wildman–Crippen LogP) is 1.20. The molecule has 94 valence electrons. The fourth-order valence-electron chi connectivity index (χ4n) is 1.45. The molecule has 0 aliphatic heterocycles. The van der Waals surface area contributed by atoms with Crippen LogP contribution in [0.3, 0.4) is 0 Å². The van der Waals surface area contributed by atoms with Gasteiger partial charge in [-0.1, -0.05) is 18.5 Å². The zero-order chi connectivity index (χ0) is 12.7. The van der Waals surface area contributed by atoms with E-state index in [-0.39, 0.29) is 5.84 Å². The van der Waals surface area contributed by atoms with Crippen LogP contribution in [-0.4, -0.2) is 34.1 Å². The molecule has 0 spiro atoms. The molecule has 0 aliphatic rings. The summed E-state index contributed by atoms with van der Waals surface area (Å²) in [5, 5.41) is 11.4. The number of amidine groups is 1. The number of oxime groups is 1. The lowest BCUT2D eigenvalue weighted by Gasteiger charge is -2.21. The van der Waals surface area contributed by atoms with Gasteiger partial charge in [0.1, 0.15) is 11.5 Å². The highest BCUT2D eigenvalue weighted by Gasteiger charge is 2.07. The minimum Gasteiger partial charge on any atom is -0.409 e. The molecule has 0 amide bonds. The van der Waals surface area contributed by atoms with E-state index in [0.717, 1.165) is 31.7 Å². The topological polar surface area (TPSA) is 87.6 Å². The van der Waals surface area contributed by atoms with Crippen molar-refractivity contribution >= 4 is 11.7 Å². The molecule has 1 heterocycles. The molecule has 0 unspecified atom stereocenters. The van der Waals surface area contributed by atoms with Gasteiger partial charge in [0.25, 0.3) is 0 Å². The van der Waals surface area contributed by atoms with E-state index in [2.05, 4.69) is 33.9 Å². The largest absolute Gasteiger partial charge is 0.409 e. The Morgan fingerprint density at radius 3 is 2.65 bits per heavy atom. The first-order chi connectivity index (χ1) is 8.22. The Kier molecular flexibility index (Phi) is 5.19. The van der Waals surface area contributed by atoms with Crippen LogP contribution in [-0.2, 0) is 0 Å². The predicted molar refractivity (Wildman–Crippen MR) is 67.3 cm³/mol. The number of nitrogens with zero attached hydrogens (tertiary/aromatic N) is 4. The molecule has 0 aromatic carbocycles. The first-order valence-corrected chi connectivity index (χ1v) is 5.77. The minimum atomic E-state index is -0.0272. The second kappa shape index (κ2) is 6.67. The first-order valence-electron chi connectivity index (χ1n) is 5.77. The number of aromatic nitrogens is 2. The molecule has 0 bridgehead atoms. The van der Waals surface area contributed by atoms with Gasteiger partial charge in [0, 0.05) is 13.1 Å². The molecule has 17 heavy (non-hydrogen) atoms. The summed E-state index contributed by atoms with van der Waals surface area (Å²) in [5.74, 6) is 0.788. The summed E-state index contributed by atoms with van der Waals surface area (Å²) in [5.41, 5.74) is 5.79. The average Bonchev–Trinajstić information content (AvgIpc) is 2.39. The van der Waals surface area contributed by atoms with Crippen LogP contribution in [0.1, 0.15) is 32.4 Å². The van der Waals surface area contributed by atoms with Crippen molar-refractivity contribution in [3.63, 3.8) is 0 Å². The molecule has 1 aromatic rings. The molecule has 0 saturated heterocycles. The summed E-state index contributed by atoms with van der Waals surface area (Å²) < 4.78 is 0. The van der Waals surface area contributed by atoms with Crippen LogP contribution in [0.2, 0.25) is 0 Å². The molecule has 0 aliphatic carbocycles. The highest BCUT2D eigenvalue weighted by molar-refractivity contribution is 5.94. The van der Waals surface area contributed by atoms with Gasteiger partial charge in [-0.3, -0.25) is 0 Å². The van der Waals surface area contributed by atoms with Gasteiger partial charge in [-0.15, -0.1) is 0 Å². The van der Waals surface area contributed by atoms with Crippen LogP contribution in [0.4, 0.5) is 5.82 Å². The average molecular weight is 237 g/mol. The Hall–Kier alpha value is -1.85. The molecule has 0 atom stereocenters. The zero-order valence-electron chi connectivity index (χ0n) is 10.3. The summed E-state index contributed by atoms with van der Waals surface area (Å²) in [4.78, 5) is 10.5. The fourth-order valence-corrected chi connectivity index (χ4v) is 1.45. The van der Waals surface area contributed by atoms with Crippen LogP contribution in [0.5, 0.6) is 0 Å². The van der Waals surface area contributed by atoms with Crippen LogP contribution in [0.15, 0.2) is 17.5 Å². The van der Waals surface area contributed by atoms with Crippen molar-refractivity contribution in [2.75, 3.05) is 18.0 Å². The Morgan fingerprint density at radius 1 is 1.41 bits per heavy atom. The zero-order valence-corrected chi connectivity index (χ0v) is 10.3. The monoisotopic (exact) mass is 237 g/mol. The highest BCUT2D eigenvalue weighted by atomic mass is 16.4. The third-order valence-corrected chi connectivity index (χ3v) is 2.50. The van der Waals surface area contributed by atoms with Gasteiger partial charge in [-0.05, 0) is 13.3 Å². The molecule has 6 heteroatoms. The minimum absolute atomic E-state index is 0.0272. The second-order valence-corrected chi connectivity index (χ2v) is 3.68. The lowest BCUT2D eigenvalue weighted by molar-refractivity contribution is 0.318. The van der Waals surface area contributed by atoms with Crippen LogP contribution < -0.4 is 10.6 Å². The van der Waals surface area contributed by atoms with Crippen molar-refractivity contribution in [2.45, 2.75) is 26.7 Å². The molecule has 0 saturated carbocycles. The van der Waals surface area contributed by atoms with E-state index < -0.39 is 0 Å². The van der Waals surface area contributed by atoms with Crippen molar-refractivity contribution in [2.24, 2.45) is 10.9 Å². The maximum atomic E-state index is 8.51. The third-order valence-electron chi connectivity index (χ3n) is 2.50. The number of rotatable bonds is 6. The van der Waals surface area contributed by atoms with E-state index in [1.807, 2.05) is 0 Å². The summed E-state index contributed by atoms with van der Waals surface area (Å²) in [6, 6.07) is 0. The van der Waals surface area contributed by atoms with Gasteiger partial charge >= 0.3 is 0 Å². The van der Waals surface area contributed by atoms with Gasteiger partial charge < -0.3 is 15.8 Å². The van der Waals surface area contributed by atoms with Crippen LogP contribution in [0.25, 0.3) is 0 Å². The van der Waals surface area contributed by atoms with E-state index in [4.69, 9.17) is 10.9 Å². The molecular weight excluding hydrogens is 218 g/mol. The van der Waals surface area contributed by atoms with E-state index in [0.29, 0.717) is 5.69 Å². The summed E-state index contributed by atoms with van der Waals surface area (Å²) in [6.45, 7) is 6.08. The van der Waals surface area contributed by atoms with Gasteiger partial charge in [0.15, 0.2) is 5.84 Å². The fraction of sp³-hybridized carbons (Fsp3) is 0.545. The van der Waals surface area contributed by atoms with Crippen molar-refractivity contribution in [3.8, 4) is 0 Å². The molecule has 1 rings (SSSR count). The van der Waals surface area contributed by atoms with E-state index in [9.17, 15) is 0 Å². The number of unbranched alkanes of at least 4 members (excludes halogenated alkanes) is 1. The molecule has 0 radical (unpaired) electrons. The lowest BCUT2D eigenvalue weighted by atomic mass is 10.3. The Labute approximate surface area is 101 Å². The summed E-state index contributed by atoms with van der Waals surface area (Å²) in [7, 11) is 0. The standard InChI is InChI=1S/C11H19N5O/c1-3-5-6-16(4-2)10-8-13-9(7-14-10)11(12)15-17/h7-8,17H,3-6H2,1-2H3,(H2,12,15). The van der Waals surface area contributed by atoms with E-state index >= 15 is 0 Å². The highest BCUT2D eigenvalue weighted by Crippen LogP contribution is 2.09. The molecule has 6 nitrogen and oxygen atoms in total. The number of hydrogen-bond donors (Lipinski definition) is 2. The summed E-state index contributed by atoms with van der Waals surface area (Å²) >= 11 is 0. The van der Waals surface area contributed by atoms with Crippen LogP contribution in [0, 0.1) is 0 Å². The SMILES string of the molecule is CCCCN(CC)c1cnc(C(N)=NO)cn1. The van der Waals surface area contributed by atoms with Crippen LogP contribution >= 0.6 is 0 Å². The van der Waals surface area contributed by atoms with E-state index in [1.54, 1.807) is 6.20 Å². The number of anilines is 1. The quantitative estimate of drug-likeness (QED) is 0.336. The molecule has 0 fully saturated rings. The van der Waals surface area contributed by atoms with Crippen molar-refractivity contribution in [3.05, 3.63) is 18.1 Å². The van der Waals surface area contributed by atoms with Crippen molar-refractivity contribution < 1.29 is 5.21 Å². The number of hydrogen-bond acceptors (Lipinski definition) is 5. The normalized spacial score (nSPS) is 11.5. The molecule has 1 aromatic heterocycles. The Morgan fingerprint density at radius 2 is 2.18 bits per heavy atom.